The third-order valence-corrected chi connectivity index (χ3v) is 12.6. The maximum atomic E-state index is 6.61. The van der Waals surface area contributed by atoms with Crippen molar-refractivity contribution in [2.45, 2.75) is 6.17 Å². The Kier molecular flexibility index (Phi) is 7.87. The van der Waals surface area contributed by atoms with Gasteiger partial charge in [0.15, 0.2) is 5.84 Å². The Morgan fingerprint density at radius 2 is 1.00 bits per heavy atom. The van der Waals surface area contributed by atoms with E-state index in [-0.39, 0.29) is 6.17 Å². The zero-order chi connectivity index (χ0) is 41.4. The summed E-state index contributed by atoms with van der Waals surface area (Å²) in [6.45, 7) is 0. The summed E-state index contributed by atoms with van der Waals surface area (Å²) >= 11 is 0. The number of nitrogens with zero attached hydrogens (tertiary/aromatic N) is 4. The molecule has 1 aliphatic heterocycles. The fourth-order valence-corrected chi connectivity index (χ4v) is 9.69. The monoisotopic (exact) mass is 807 g/mol. The number of fused-ring (bicyclic) bond motifs is 9. The Morgan fingerprint density at radius 1 is 0.413 bits per heavy atom. The number of para-hydroxylation sites is 4. The average Bonchev–Trinajstić information content (AvgIpc) is 4.01. The second-order valence-corrected chi connectivity index (χ2v) is 16.2. The van der Waals surface area contributed by atoms with Crippen LogP contribution in [0.5, 0.6) is 0 Å². The Balaban J connectivity index is 0.920. The summed E-state index contributed by atoms with van der Waals surface area (Å²) < 4.78 is 11.3. The Morgan fingerprint density at radius 3 is 1.76 bits per heavy atom. The first-order valence-electron chi connectivity index (χ1n) is 21.4. The van der Waals surface area contributed by atoms with Crippen LogP contribution >= 0.6 is 0 Å². The molecule has 6 heteroatoms. The van der Waals surface area contributed by atoms with E-state index in [4.69, 9.17) is 14.4 Å². The maximum Gasteiger partial charge on any atom is 0.160 e. The van der Waals surface area contributed by atoms with Gasteiger partial charge in [-0.25, -0.2) is 9.98 Å². The number of hydrogen-bond donors (Lipinski definition) is 1. The molecular formula is C57H37N5O. The molecule has 4 heterocycles. The van der Waals surface area contributed by atoms with Crippen LogP contribution in [-0.4, -0.2) is 20.8 Å². The van der Waals surface area contributed by atoms with Crippen LogP contribution < -0.4 is 5.32 Å². The fourth-order valence-electron chi connectivity index (χ4n) is 9.69. The third-order valence-electron chi connectivity index (χ3n) is 12.6. The summed E-state index contributed by atoms with van der Waals surface area (Å²) in [5.74, 6) is 1.42. The summed E-state index contributed by atoms with van der Waals surface area (Å²) in [6, 6.07) is 75.0. The summed E-state index contributed by atoms with van der Waals surface area (Å²) in [5, 5.41) is 10.6. The molecule has 0 saturated heterocycles. The molecule has 6 nitrogen and oxygen atoms in total. The van der Waals surface area contributed by atoms with Gasteiger partial charge in [-0.1, -0.05) is 133 Å². The maximum absolute atomic E-state index is 6.61. The molecule has 1 unspecified atom stereocenters. The molecule has 1 N–H and O–H groups in total. The molecule has 0 fully saturated rings. The topological polar surface area (TPSA) is 59.8 Å². The number of hydrogen-bond acceptors (Lipinski definition) is 4. The minimum Gasteiger partial charge on any atom is -0.456 e. The molecule has 0 amide bonds. The molecule has 1 atom stereocenters. The standard InChI is InChI=1S/C57H37N5O/c1-4-15-36(16-5-1)55-58-56(60-57(59-55)45-23-14-26-51-54(45)44-22-11-13-25-49(44)62(51)41-19-8-3-9-20-41)39-27-30-43-47-34-38(29-32-52(47)63-53(43)35-39)37-28-31-50-46(33-37)42-21-10-12-24-48(42)61(50)40-17-6-2-7-18-40/h1-35,55H,(H,58,59,60). The van der Waals surface area contributed by atoms with Gasteiger partial charge in [-0.2, -0.15) is 0 Å². The van der Waals surface area contributed by atoms with Crippen LogP contribution in [-0.2, 0) is 0 Å². The van der Waals surface area contributed by atoms with Gasteiger partial charge in [0.25, 0.3) is 0 Å². The lowest BCUT2D eigenvalue weighted by molar-refractivity contribution is 0.666. The minimum atomic E-state index is -0.348. The van der Waals surface area contributed by atoms with E-state index in [0.717, 1.165) is 88.8 Å². The van der Waals surface area contributed by atoms with Gasteiger partial charge in [-0.05, 0) is 95.6 Å². The van der Waals surface area contributed by atoms with Crippen LogP contribution in [0.1, 0.15) is 22.9 Å². The van der Waals surface area contributed by atoms with Crippen molar-refractivity contribution < 1.29 is 4.42 Å². The first-order chi connectivity index (χ1) is 31.2. The fraction of sp³-hybridized carbons (Fsp3) is 0.0175. The quantitative estimate of drug-likeness (QED) is 0.182. The van der Waals surface area contributed by atoms with E-state index >= 15 is 0 Å². The van der Waals surface area contributed by atoms with Crippen LogP contribution in [0.4, 0.5) is 0 Å². The summed E-state index contributed by atoms with van der Waals surface area (Å²) in [7, 11) is 0. The van der Waals surface area contributed by atoms with Crippen molar-refractivity contribution in [1.82, 2.24) is 14.5 Å². The average molecular weight is 808 g/mol. The Labute approximate surface area is 362 Å². The van der Waals surface area contributed by atoms with Crippen LogP contribution in [0.3, 0.4) is 0 Å². The highest BCUT2D eigenvalue weighted by Gasteiger charge is 2.25. The molecule has 9 aromatic carbocycles. The van der Waals surface area contributed by atoms with Gasteiger partial charge in [0.2, 0.25) is 0 Å². The molecule has 12 aromatic rings. The number of nitrogens with one attached hydrogen (secondary N) is 1. The second kappa shape index (κ2) is 14.0. The number of aromatic nitrogens is 2. The van der Waals surface area contributed by atoms with Crippen LogP contribution in [0, 0.1) is 0 Å². The lowest BCUT2D eigenvalue weighted by Crippen LogP contribution is -2.33. The van der Waals surface area contributed by atoms with Crippen molar-refractivity contribution in [3.63, 3.8) is 0 Å². The van der Waals surface area contributed by atoms with E-state index in [1.807, 2.05) is 6.07 Å². The molecule has 1 aliphatic rings. The Hall–Kier alpha value is -8.48. The largest absolute Gasteiger partial charge is 0.456 e. The van der Waals surface area contributed by atoms with E-state index in [2.05, 4.69) is 221 Å². The molecular weight excluding hydrogens is 771 g/mol. The summed E-state index contributed by atoms with van der Waals surface area (Å²) in [4.78, 5) is 10.6. The highest BCUT2D eigenvalue weighted by molar-refractivity contribution is 6.23. The molecule has 3 aromatic heterocycles. The zero-order valence-electron chi connectivity index (χ0n) is 34.0. The van der Waals surface area contributed by atoms with Crippen molar-refractivity contribution in [2.75, 3.05) is 0 Å². The van der Waals surface area contributed by atoms with Gasteiger partial charge in [-0.15, -0.1) is 0 Å². The molecule has 0 aliphatic carbocycles. The lowest BCUT2D eigenvalue weighted by Gasteiger charge is -2.24. The number of rotatable bonds is 6. The minimum absolute atomic E-state index is 0.348. The molecule has 0 bridgehead atoms. The van der Waals surface area contributed by atoms with Gasteiger partial charge in [0.1, 0.15) is 23.2 Å². The van der Waals surface area contributed by atoms with Gasteiger partial charge in [0, 0.05) is 54.8 Å². The molecule has 63 heavy (non-hydrogen) atoms. The van der Waals surface area contributed by atoms with Gasteiger partial charge >= 0.3 is 0 Å². The van der Waals surface area contributed by atoms with Gasteiger partial charge in [0.05, 0.1) is 22.1 Å². The predicted molar refractivity (Wildman–Crippen MR) is 260 cm³/mol. The van der Waals surface area contributed by atoms with Crippen molar-refractivity contribution in [2.24, 2.45) is 9.98 Å². The molecule has 13 rings (SSSR count). The summed E-state index contributed by atoms with van der Waals surface area (Å²) in [6.07, 6.45) is -0.348. The van der Waals surface area contributed by atoms with Crippen LogP contribution in [0.2, 0.25) is 0 Å². The van der Waals surface area contributed by atoms with Crippen molar-refractivity contribution >= 4 is 77.2 Å². The Bertz CT molecular complexity index is 3820. The molecule has 0 saturated carbocycles. The van der Waals surface area contributed by atoms with Crippen molar-refractivity contribution in [1.29, 1.82) is 0 Å². The van der Waals surface area contributed by atoms with Crippen LogP contribution in [0.15, 0.2) is 227 Å². The van der Waals surface area contributed by atoms with Gasteiger partial charge < -0.3 is 18.9 Å². The lowest BCUT2D eigenvalue weighted by atomic mass is 10.00. The highest BCUT2D eigenvalue weighted by atomic mass is 16.3. The van der Waals surface area contributed by atoms with Gasteiger partial charge in [-0.3, -0.25) is 0 Å². The zero-order valence-corrected chi connectivity index (χ0v) is 34.0. The van der Waals surface area contributed by atoms with E-state index < -0.39 is 0 Å². The van der Waals surface area contributed by atoms with Crippen LogP contribution in [0.25, 0.3) is 88.1 Å². The molecule has 296 valence electrons. The number of furan rings is 1. The summed E-state index contributed by atoms with van der Waals surface area (Å²) in [5.41, 5.74) is 13.8. The molecule has 0 radical (unpaired) electrons. The number of amidine groups is 2. The van der Waals surface area contributed by atoms with Crippen molar-refractivity contribution in [3.8, 4) is 22.5 Å². The normalized spacial score (nSPS) is 14.2. The predicted octanol–water partition coefficient (Wildman–Crippen LogP) is 13.9. The number of aliphatic imine (C=N–C) groups is 2. The molecule has 0 spiro atoms. The van der Waals surface area contributed by atoms with Crippen molar-refractivity contribution in [3.05, 3.63) is 229 Å². The van der Waals surface area contributed by atoms with E-state index in [1.165, 1.54) is 21.8 Å². The SMILES string of the molecule is c1ccc(C2N=C(c3cccc4c3c3ccccc3n4-c3ccccc3)N=C(c3ccc4c(c3)oc3ccc(-c5ccc6c(c5)c5ccccc5n6-c5ccccc5)cc34)N2)cc1. The third kappa shape index (κ3) is 5.65. The smallest absolute Gasteiger partial charge is 0.160 e. The number of benzene rings is 9. The highest BCUT2D eigenvalue weighted by Crippen LogP contribution is 2.39. The first kappa shape index (κ1) is 35.3. The first-order valence-corrected chi connectivity index (χ1v) is 21.4. The van der Waals surface area contributed by atoms with E-state index in [9.17, 15) is 0 Å². The second-order valence-electron chi connectivity index (χ2n) is 16.2. The van der Waals surface area contributed by atoms with E-state index in [1.54, 1.807) is 0 Å². The van der Waals surface area contributed by atoms with E-state index in [0.29, 0.717) is 5.84 Å².